The van der Waals surface area contributed by atoms with E-state index in [9.17, 15) is 14.4 Å². The molecule has 0 saturated carbocycles. The second-order valence-electron chi connectivity index (χ2n) is 12.8. The molecular formula is C29H47N4O5+. The van der Waals surface area contributed by atoms with Gasteiger partial charge in [0.25, 0.3) is 5.91 Å². The summed E-state index contributed by atoms with van der Waals surface area (Å²) in [5, 5.41) is 0. The lowest BCUT2D eigenvalue weighted by atomic mass is 9.89. The van der Waals surface area contributed by atoms with Gasteiger partial charge in [-0.15, -0.1) is 0 Å². The molecule has 2 amide bonds. The molecule has 1 aromatic carbocycles. The van der Waals surface area contributed by atoms with Gasteiger partial charge in [-0.25, -0.2) is 19.6 Å². The van der Waals surface area contributed by atoms with Crippen molar-refractivity contribution in [3.63, 3.8) is 0 Å². The fourth-order valence-electron chi connectivity index (χ4n) is 5.23. The second-order valence-corrected chi connectivity index (χ2v) is 12.8. The number of hydrogen-bond acceptors (Lipinski definition) is 6. The number of benzene rings is 1. The molecule has 38 heavy (non-hydrogen) atoms. The topological polar surface area (TPSA) is 88.2 Å². The van der Waals surface area contributed by atoms with Crippen molar-refractivity contribution in [2.75, 3.05) is 50.7 Å². The van der Waals surface area contributed by atoms with E-state index in [1.807, 2.05) is 41.5 Å². The summed E-state index contributed by atoms with van der Waals surface area (Å²) in [4.78, 5) is 40.9. The van der Waals surface area contributed by atoms with Gasteiger partial charge >= 0.3 is 12.1 Å². The summed E-state index contributed by atoms with van der Waals surface area (Å²) in [5.41, 5.74) is 4.45. The third kappa shape index (κ3) is 9.19. The smallest absolute Gasteiger partial charge is 0.410 e. The van der Waals surface area contributed by atoms with Crippen LogP contribution in [-0.2, 0) is 25.5 Å². The van der Waals surface area contributed by atoms with Crippen molar-refractivity contribution in [2.24, 2.45) is 5.92 Å². The van der Waals surface area contributed by atoms with E-state index in [-0.39, 0.29) is 29.1 Å². The Labute approximate surface area is 228 Å². The number of esters is 1. The van der Waals surface area contributed by atoms with E-state index in [0.29, 0.717) is 32.1 Å². The molecule has 0 aliphatic carbocycles. The maximum Gasteiger partial charge on any atom is 0.410 e. The van der Waals surface area contributed by atoms with Crippen LogP contribution < -0.4 is 10.3 Å². The number of ether oxygens (including phenoxy) is 2. The number of piperazine rings is 1. The monoisotopic (exact) mass is 531 g/mol. The van der Waals surface area contributed by atoms with E-state index in [4.69, 9.17) is 9.47 Å². The molecule has 9 heteroatoms. The average molecular weight is 532 g/mol. The third-order valence-electron chi connectivity index (χ3n) is 6.93. The minimum Gasteiger partial charge on any atom is -0.456 e. The lowest BCUT2D eigenvalue weighted by Crippen LogP contribution is -2.65. The van der Waals surface area contributed by atoms with Gasteiger partial charge in [-0.05, 0) is 71.6 Å². The lowest BCUT2D eigenvalue weighted by molar-refractivity contribution is -0.960. The van der Waals surface area contributed by atoms with Gasteiger partial charge in [0.2, 0.25) is 0 Å². The fraction of sp³-hybridized carbons (Fsp3) is 0.690. The molecule has 2 aliphatic heterocycles. The second kappa shape index (κ2) is 11.9. The van der Waals surface area contributed by atoms with Crippen LogP contribution >= 0.6 is 0 Å². The van der Waals surface area contributed by atoms with Gasteiger partial charge in [0.1, 0.15) is 24.3 Å². The SMILES string of the molecule is CC(=O)N[N+]1(CC(=O)OC(C)(C)C)CCC(Cc2ccc(N3CCN(C(=O)OC(C)(C)C)CC3)cc2)CC1. The molecular weight excluding hydrogens is 484 g/mol. The van der Waals surface area contributed by atoms with E-state index in [1.54, 1.807) is 4.90 Å². The van der Waals surface area contributed by atoms with Crippen LogP contribution in [0.5, 0.6) is 0 Å². The molecule has 2 fully saturated rings. The van der Waals surface area contributed by atoms with Crippen LogP contribution in [0.3, 0.4) is 0 Å². The summed E-state index contributed by atoms with van der Waals surface area (Å²) < 4.78 is 11.3. The third-order valence-corrected chi connectivity index (χ3v) is 6.93. The molecule has 1 N–H and O–H groups in total. The van der Waals surface area contributed by atoms with Gasteiger partial charge < -0.3 is 19.3 Å². The first-order valence-corrected chi connectivity index (χ1v) is 13.8. The molecule has 0 radical (unpaired) electrons. The van der Waals surface area contributed by atoms with Crippen LogP contribution in [0.1, 0.15) is 66.9 Å². The largest absolute Gasteiger partial charge is 0.456 e. The molecule has 2 aliphatic rings. The Kier molecular flexibility index (Phi) is 9.34. The highest BCUT2D eigenvalue weighted by Gasteiger charge is 2.39. The number of amides is 2. The summed E-state index contributed by atoms with van der Waals surface area (Å²) in [6.45, 7) is 17.2. The Hall–Kier alpha value is -2.81. The molecule has 212 valence electrons. The van der Waals surface area contributed by atoms with Crippen molar-refractivity contribution in [1.29, 1.82) is 0 Å². The Morgan fingerprint density at radius 2 is 1.45 bits per heavy atom. The highest BCUT2D eigenvalue weighted by atomic mass is 16.6. The number of nitrogens with zero attached hydrogens (tertiary/aromatic N) is 3. The van der Waals surface area contributed by atoms with Gasteiger partial charge in [0.15, 0.2) is 6.54 Å². The van der Waals surface area contributed by atoms with E-state index >= 15 is 0 Å². The van der Waals surface area contributed by atoms with Gasteiger partial charge in [-0.3, -0.25) is 4.79 Å². The summed E-state index contributed by atoms with van der Waals surface area (Å²) >= 11 is 0. The van der Waals surface area contributed by atoms with E-state index < -0.39 is 11.2 Å². The Morgan fingerprint density at radius 1 is 0.895 bits per heavy atom. The fourth-order valence-corrected chi connectivity index (χ4v) is 5.23. The Bertz CT molecular complexity index is 964. The van der Waals surface area contributed by atoms with Crippen LogP contribution in [0, 0.1) is 5.92 Å². The first-order chi connectivity index (χ1) is 17.6. The molecule has 2 saturated heterocycles. The van der Waals surface area contributed by atoms with Crippen LogP contribution in [0.4, 0.5) is 10.5 Å². The van der Waals surface area contributed by atoms with Gasteiger partial charge in [0.05, 0.1) is 0 Å². The van der Waals surface area contributed by atoms with Crippen molar-refractivity contribution in [2.45, 2.75) is 78.9 Å². The number of carbonyl (C=O) groups is 3. The molecule has 2 heterocycles. The molecule has 3 rings (SSSR count). The van der Waals surface area contributed by atoms with Crippen LogP contribution in [-0.4, -0.2) is 84.5 Å². The molecule has 9 nitrogen and oxygen atoms in total. The minimum absolute atomic E-state index is 0.130. The summed E-state index contributed by atoms with van der Waals surface area (Å²) in [7, 11) is 0. The summed E-state index contributed by atoms with van der Waals surface area (Å²) in [5.74, 6) is 0.0820. The average Bonchev–Trinajstić information content (AvgIpc) is 2.78. The predicted molar refractivity (Wildman–Crippen MR) is 147 cm³/mol. The van der Waals surface area contributed by atoms with Gasteiger partial charge in [-0.2, -0.15) is 0 Å². The number of quaternary nitrogens is 1. The van der Waals surface area contributed by atoms with Gasteiger partial charge in [0, 0.05) is 51.6 Å². The summed E-state index contributed by atoms with van der Waals surface area (Å²) in [6, 6.07) is 8.73. The number of anilines is 1. The maximum atomic E-state index is 12.5. The molecule has 0 bridgehead atoms. The van der Waals surface area contributed by atoms with Crippen molar-refractivity contribution in [1.82, 2.24) is 10.3 Å². The number of rotatable bonds is 6. The highest BCUT2D eigenvalue weighted by molar-refractivity contribution is 5.73. The maximum absolute atomic E-state index is 12.5. The van der Waals surface area contributed by atoms with Crippen molar-refractivity contribution in [3.8, 4) is 0 Å². The van der Waals surface area contributed by atoms with Crippen molar-refractivity contribution in [3.05, 3.63) is 29.8 Å². The standard InChI is InChI=1S/C29H46N4O5/c1-22(34)30-33(21-26(35)37-28(2,3)4)18-12-24(13-19-33)20-23-8-10-25(11-9-23)31-14-16-32(17-15-31)27(36)38-29(5,6)7/h8-11,24H,12-21H2,1-7H3/p+1. The zero-order valence-corrected chi connectivity index (χ0v) is 24.3. The number of nitrogens with one attached hydrogen (secondary N) is 1. The quantitative estimate of drug-likeness (QED) is 0.443. The van der Waals surface area contributed by atoms with Crippen molar-refractivity contribution >= 4 is 23.7 Å². The van der Waals surface area contributed by atoms with E-state index in [1.165, 1.54) is 18.2 Å². The van der Waals surface area contributed by atoms with Crippen molar-refractivity contribution < 1.29 is 28.4 Å². The Morgan fingerprint density at radius 3 is 1.95 bits per heavy atom. The minimum atomic E-state index is -0.548. The molecule has 0 spiro atoms. The van der Waals surface area contributed by atoms with Crippen LogP contribution in [0.2, 0.25) is 0 Å². The first kappa shape index (κ1) is 29.7. The number of carbonyl (C=O) groups excluding carboxylic acids is 3. The zero-order chi connectivity index (χ0) is 28.1. The van der Waals surface area contributed by atoms with Gasteiger partial charge in [-0.1, -0.05) is 12.1 Å². The Balaban J connectivity index is 1.50. The molecule has 0 aromatic heterocycles. The lowest BCUT2D eigenvalue weighted by Gasteiger charge is -2.42. The highest BCUT2D eigenvalue weighted by Crippen LogP contribution is 2.27. The van der Waals surface area contributed by atoms with E-state index in [2.05, 4.69) is 34.6 Å². The van der Waals surface area contributed by atoms with Crippen LogP contribution in [0.25, 0.3) is 0 Å². The van der Waals surface area contributed by atoms with E-state index in [0.717, 1.165) is 32.4 Å². The predicted octanol–water partition coefficient (Wildman–Crippen LogP) is 3.91. The number of piperidine rings is 1. The normalized spacial score (nSPS) is 22.6. The van der Waals surface area contributed by atoms with Crippen LogP contribution in [0.15, 0.2) is 24.3 Å². The number of likely N-dealkylation sites (tertiary alicyclic amines) is 1. The zero-order valence-electron chi connectivity index (χ0n) is 24.3. The molecule has 0 atom stereocenters. The summed E-state index contributed by atoms with van der Waals surface area (Å²) in [6.07, 6.45) is 2.58. The molecule has 1 aromatic rings. The first-order valence-electron chi connectivity index (χ1n) is 13.8. The number of hydrogen-bond donors (Lipinski definition) is 1. The molecule has 0 unspecified atom stereocenters.